The number of hydrogen-bond acceptors (Lipinski definition) is 7. The maximum absolute atomic E-state index is 11.2. The van der Waals surface area contributed by atoms with Crippen LogP contribution in [0.25, 0.3) is 0 Å². The van der Waals surface area contributed by atoms with Gasteiger partial charge >= 0.3 is 5.69 Å². The number of benzene rings is 1. The SMILES string of the molecule is O=[N+]([O-])c1cnc(Nc2ccc(Cl)cc2)nc1NCCc1ccncc1. The third-order valence-electron chi connectivity index (χ3n) is 3.52. The molecule has 0 saturated heterocycles. The maximum Gasteiger partial charge on any atom is 0.329 e. The molecule has 0 spiro atoms. The van der Waals surface area contributed by atoms with Gasteiger partial charge in [0.15, 0.2) is 0 Å². The van der Waals surface area contributed by atoms with E-state index >= 15 is 0 Å². The van der Waals surface area contributed by atoms with Gasteiger partial charge in [-0.15, -0.1) is 0 Å². The first kappa shape index (κ1) is 17.6. The lowest BCUT2D eigenvalue weighted by Gasteiger charge is -2.09. The summed E-state index contributed by atoms with van der Waals surface area (Å²) in [7, 11) is 0. The van der Waals surface area contributed by atoms with Crippen molar-refractivity contribution in [2.24, 2.45) is 0 Å². The molecule has 3 rings (SSSR count). The second-order valence-corrected chi connectivity index (χ2v) is 5.79. The zero-order chi connectivity index (χ0) is 18.4. The van der Waals surface area contributed by atoms with Gasteiger partial charge in [-0.1, -0.05) is 11.6 Å². The van der Waals surface area contributed by atoms with Gasteiger partial charge in [-0.25, -0.2) is 4.98 Å². The molecule has 0 aliphatic rings. The van der Waals surface area contributed by atoms with Crippen LogP contribution in [0.5, 0.6) is 0 Å². The molecule has 8 nitrogen and oxygen atoms in total. The minimum absolute atomic E-state index is 0.163. The molecule has 1 aromatic carbocycles. The zero-order valence-electron chi connectivity index (χ0n) is 13.6. The summed E-state index contributed by atoms with van der Waals surface area (Å²) in [6, 6.07) is 10.8. The van der Waals surface area contributed by atoms with Gasteiger partial charge in [-0.3, -0.25) is 15.1 Å². The van der Waals surface area contributed by atoms with Crippen molar-refractivity contribution >= 4 is 34.7 Å². The van der Waals surface area contributed by atoms with E-state index in [0.29, 0.717) is 18.0 Å². The predicted octanol–water partition coefficient (Wildman–Crippen LogP) is 3.83. The molecule has 0 aliphatic heterocycles. The van der Waals surface area contributed by atoms with Crippen LogP contribution in [-0.2, 0) is 6.42 Å². The predicted molar refractivity (Wildman–Crippen MR) is 99.9 cm³/mol. The summed E-state index contributed by atoms with van der Waals surface area (Å²) in [5.41, 5.74) is 1.62. The third-order valence-corrected chi connectivity index (χ3v) is 3.77. The summed E-state index contributed by atoms with van der Waals surface area (Å²) in [5, 5.41) is 17.8. The summed E-state index contributed by atoms with van der Waals surface area (Å²) >= 11 is 5.86. The van der Waals surface area contributed by atoms with Crippen LogP contribution >= 0.6 is 11.6 Å². The normalized spacial score (nSPS) is 10.3. The molecule has 0 aliphatic carbocycles. The molecule has 0 radical (unpaired) electrons. The van der Waals surface area contributed by atoms with Crippen molar-refractivity contribution in [2.75, 3.05) is 17.2 Å². The lowest BCUT2D eigenvalue weighted by Crippen LogP contribution is -2.10. The van der Waals surface area contributed by atoms with E-state index in [2.05, 4.69) is 25.6 Å². The Balaban J connectivity index is 1.73. The Bertz CT molecular complexity index is 890. The average Bonchev–Trinajstić information content (AvgIpc) is 2.64. The van der Waals surface area contributed by atoms with E-state index in [4.69, 9.17) is 11.6 Å². The van der Waals surface area contributed by atoms with E-state index in [1.165, 1.54) is 6.20 Å². The van der Waals surface area contributed by atoms with Crippen molar-refractivity contribution in [3.63, 3.8) is 0 Å². The Morgan fingerprint density at radius 3 is 2.54 bits per heavy atom. The molecular weight excluding hydrogens is 356 g/mol. The maximum atomic E-state index is 11.2. The standard InChI is InChI=1S/C17H15ClN6O2/c18-13-1-3-14(4-2-13)22-17-21-11-15(24(25)26)16(23-17)20-10-7-12-5-8-19-9-6-12/h1-6,8-9,11H,7,10H2,(H2,20,21,22,23). The molecule has 0 fully saturated rings. The van der Waals surface area contributed by atoms with Crippen molar-refractivity contribution in [2.45, 2.75) is 6.42 Å². The quantitative estimate of drug-likeness (QED) is 0.480. The van der Waals surface area contributed by atoms with E-state index in [1.54, 1.807) is 36.7 Å². The van der Waals surface area contributed by atoms with Crippen LogP contribution in [0.4, 0.5) is 23.1 Å². The Morgan fingerprint density at radius 2 is 1.85 bits per heavy atom. The summed E-state index contributed by atoms with van der Waals surface area (Å²) in [6.07, 6.45) is 5.27. The van der Waals surface area contributed by atoms with Gasteiger partial charge in [0.2, 0.25) is 11.8 Å². The Kier molecular flexibility index (Phi) is 5.55. The molecule has 0 amide bonds. The number of halogens is 1. The van der Waals surface area contributed by atoms with E-state index in [1.807, 2.05) is 12.1 Å². The first-order valence-electron chi connectivity index (χ1n) is 7.78. The monoisotopic (exact) mass is 370 g/mol. The Morgan fingerprint density at radius 1 is 1.12 bits per heavy atom. The van der Waals surface area contributed by atoms with Gasteiger partial charge in [0.1, 0.15) is 6.20 Å². The molecule has 3 aromatic rings. The van der Waals surface area contributed by atoms with Crippen molar-refractivity contribution in [3.05, 3.63) is 75.7 Å². The van der Waals surface area contributed by atoms with E-state index in [-0.39, 0.29) is 17.5 Å². The number of pyridine rings is 1. The topological polar surface area (TPSA) is 106 Å². The highest BCUT2D eigenvalue weighted by Crippen LogP contribution is 2.24. The molecule has 2 heterocycles. The van der Waals surface area contributed by atoms with Gasteiger partial charge in [0.25, 0.3) is 0 Å². The van der Waals surface area contributed by atoms with Crippen LogP contribution in [0.3, 0.4) is 0 Å². The number of nitrogens with zero attached hydrogens (tertiary/aromatic N) is 4. The Labute approximate surface area is 154 Å². The molecule has 2 N–H and O–H groups in total. The first-order chi connectivity index (χ1) is 12.6. The fourth-order valence-corrected chi connectivity index (χ4v) is 2.36. The summed E-state index contributed by atoms with van der Waals surface area (Å²) in [6.45, 7) is 0.488. The van der Waals surface area contributed by atoms with Crippen LogP contribution in [-0.4, -0.2) is 26.4 Å². The largest absolute Gasteiger partial charge is 0.364 e. The lowest BCUT2D eigenvalue weighted by atomic mass is 10.2. The van der Waals surface area contributed by atoms with Gasteiger partial charge in [-0.2, -0.15) is 4.98 Å². The summed E-state index contributed by atoms with van der Waals surface area (Å²) in [4.78, 5) is 22.9. The van der Waals surface area contributed by atoms with Crippen LogP contribution in [0.15, 0.2) is 55.0 Å². The van der Waals surface area contributed by atoms with Crippen LogP contribution in [0, 0.1) is 10.1 Å². The molecule has 132 valence electrons. The van der Waals surface area contributed by atoms with Crippen LogP contribution in [0.1, 0.15) is 5.56 Å². The molecular formula is C17H15ClN6O2. The van der Waals surface area contributed by atoms with Crippen molar-refractivity contribution < 1.29 is 4.92 Å². The van der Waals surface area contributed by atoms with Gasteiger partial charge in [0.05, 0.1) is 4.92 Å². The molecule has 2 aromatic heterocycles. The second-order valence-electron chi connectivity index (χ2n) is 5.35. The smallest absolute Gasteiger partial charge is 0.329 e. The number of rotatable bonds is 7. The highest BCUT2D eigenvalue weighted by molar-refractivity contribution is 6.30. The summed E-state index contributed by atoms with van der Waals surface area (Å²) in [5.74, 6) is 0.417. The number of nitrogens with one attached hydrogen (secondary N) is 2. The van der Waals surface area contributed by atoms with Gasteiger partial charge < -0.3 is 10.6 Å². The minimum atomic E-state index is -0.513. The van der Waals surface area contributed by atoms with Gasteiger partial charge in [-0.05, 0) is 48.4 Å². The molecule has 0 atom stereocenters. The second kappa shape index (κ2) is 8.21. The fourth-order valence-electron chi connectivity index (χ4n) is 2.24. The van der Waals surface area contributed by atoms with E-state index in [0.717, 1.165) is 11.3 Å². The lowest BCUT2D eigenvalue weighted by molar-refractivity contribution is -0.384. The average molecular weight is 371 g/mol. The molecule has 9 heteroatoms. The summed E-state index contributed by atoms with van der Waals surface area (Å²) < 4.78 is 0. The molecule has 26 heavy (non-hydrogen) atoms. The molecule has 0 bridgehead atoms. The molecule has 0 saturated carbocycles. The number of aromatic nitrogens is 3. The number of hydrogen-bond donors (Lipinski definition) is 2. The van der Waals surface area contributed by atoms with Crippen LogP contribution < -0.4 is 10.6 Å². The minimum Gasteiger partial charge on any atom is -0.364 e. The first-order valence-corrected chi connectivity index (χ1v) is 8.16. The molecule has 0 unspecified atom stereocenters. The van der Waals surface area contributed by atoms with Gasteiger partial charge in [0, 0.05) is 29.6 Å². The number of anilines is 3. The van der Waals surface area contributed by atoms with E-state index < -0.39 is 4.92 Å². The number of nitro groups is 1. The Hall–Kier alpha value is -3.26. The highest BCUT2D eigenvalue weighted by Gasteiger charge is 2.17. The van der Waals surface area contributed by atoms with Crippen LogP contribution in [0.2, 0.25) is 5.02 Å². The van der Waals surface area contributed by atoms with Crippen molar-refractivity contribution in [3.8, 4) is 0 Å². The third kappa shape index (κ3) is 4.64. The fraction of sp³-hybridized carbons (Fsp3) is 0.118. The van der Waals surface area contributed by atoms with Crippen molar-refractivity contribution in [1.82, 2.24) is 15.0 Å². The van der Waals surface area contributed by atoms with Crippen molar-refractivity contribution in [1.29, 1.82) is 0 Å². The zero-order valence-corrected chi connectivity index (χ0v) is 14.3. The highest BCUT2D eigenvalue weighted by atomic mass is 35.5. The van der Waals surface area contributed by atoms with E-state index in [9.17, 15) is 10.1 Å².